The van der Waals surface area contributed by atoms with Gasteiger partial charge in [0.05, 0.1) is 23.6 Å². The normalized spacial score (nSPS) is 23.7. The first-order valence-electron chi connectivity index (χ1n) is 9.18. The maximum Gasteiger partial charge on any atom is 0.325 e. The van der Waals surface area contributed by atoms with Crippen molar-refractivity contribution in [3.63, 3.8) is 0 Å². The zero-order valence-electron chi connectivity index (χ0n) is 15.8. The van der Waals surface area contributed by atoms with Crippen LogP contribution in [0.2, 0.25) is 0 Å². The number of rotatable bonds is 3. The van der Waals surface area contributed by atoms with E-state index in [1.165, 1.54) is 0 Å². The number of benzene rings is 2. The highest BCUT2D eigenvalue weighted by Gasteiger charge is 2.53. The van der Waals surface area contributed by atoms with Crippen LogP contribution in [-0.4, -0.2) is 42.9 Å². The van der Waals surface area contributed by atoms with E-state index in [2.05, 4.69) is 6.07 Å². The van der Waals surface area contributed by atoms with Gasteiger partial charge in [0.1, 0.15) is 0 Å². The molecule has 4 rings (SSSR count). The Morgan fingerprint density at radius 1 is 0.889 bits per heavy atom. The number of hydrogen-bond acceptors (Lipinski definition) is 3. The van der Waals surface area contributed by atoms with Crippen LogP contribution in [0.4, 0.5) is 10.5 Å². The third-order valence-electron chi connectivity index (χ3n) is 5.44. The lowest BCUT2D eigenvalue weighted by atomic mass is 10.1. The van der Waals surface area contributed by atoms with Gasteiger partial charge >= 0.3 is 6.03 Å². The summed E-state index contributed by atoms with van der Waals surface area (Å²) in [5, 5.41) is 0. The van der Waals surface area contributed by atoms with Crippen molar-refractivity contribution in [3.8, 4) is 0 Å². The molecule has 5 nitrogen and oxygen atoms in total. The van der Waals surface area contributed by atoms with Crippen LogP contribution in [0.25, 0.3) is 0 Å². The van der Waals surface area contributed by atoms with Gasteiger partial charge < -0.3 is 4.90 Å². The summed E-state index contributed by atoms with van der Waals surface area (Å²) < 4.78 is 24.7. The number of anilines is 1. The smallest absolute Gasteiger partial charge is 0.314 e. The van der Waals surface area contributed by atoms with Crippen molar-refractivity contribution in [3.05, 3.63) is 64.7 Å². The van der Waals surface area contributed by atoms with E-state index in [9.17, 15) is 13.2 Å². The Kier molecular flexibility index (Phi) is 4.26. The molecule has 2 aliphatic rings. The SMILES string of the molecule is Cc1ccc(CN2C(=O)N(c3cc(C)cc(C)c3)[C@H]3CS(=O)(=O)C[C@H]32)cc1. The summed E-state index contributed by atoms with van der Waals surface area (Å²) in [5.41, 5.74) is 5.08. The lowest BCUT2D eigenvalue weighted by molar-refractivity contribution is 0.206. The molecule has 2 saturated heterocycles. The molecule has 142 valence electrons. The molecular formula is C21H24N2O3S. The van der Waals surface area contributed by atoms with E-state index in [0.29, 0.717) is 6.54 Å². The summed E-state index contributed by atoms with van der Waals surface area (Å²) >= 11 is 0. The largest absolute Gasteiger partial charge is 0.325 e. The molecule has 2 aliphatic heterocycles. The summed E-state index contributed by atoms with van der Waals surface area (Å²) in [6.45, 7) is 6.43. The fourth-order valence-electron chi connectivity index (χ4n) is 4.24. The van der Waals surface area contributed by atoms with Gasteiger partial charge in [-0.3, -0.25) is 4.90 Å². The van der Waals surface area contributed by atoms with Gasteiger partial charge in [-0.15, -0.1) is 0 Å². The standard InChI is InChI=1S/C21H24N2O3S/c1-14-4-6-17(7-5-14)11-22-19-12-27(25,26)13-20(19)23(21(22)24)18-9-15(2)8-16(3)10-18/h4-10,19-20H,11-13H2,1-3H3/t19-,20+/m1/s1. The first kappa shape index (κ1) is 18.0. The predicted molar refractivity (Wildman–Crippen MR) is 107 cm³/mol. The van der Waals surface area contributed by atoms with Crippen LogP contribution in [0.15, 0.2) is 42.5 Å². The van der Waals surface area contributed by atoms with Gasteiger partial charge in [-0.25, -0.2) is 13.2 Å². The molecule has 0 bridgehead atoms. The average molecular weight is 385 g/mol. The second kappa shape index (κ2) is 6.37. The number of hydrogen-bond donors (Lipinski definition) is 0. The first-order valence-corrected chi connectivity index (χ1v) is 11.0. The monoisotopic (exact) mass is 384 g/mol. The van der Waals surface area contributed by atoms with Gasteiger partial charge in [0.2, 0.25) is 0 Å². The number of urea groups is 1. The quantitative estimate of drug-likeness (QED) is 0.764. The number of sulfone groups is 1. The van der Waals surface area contributed by atoms with E-state index < -0.39 is 9.84 Å². The molecule has 27 heavy (non-hydrogen) atoms. The van der Waals surface area contributed by atoms with E-state index >= 15 is 0 Å². The van der Waals surface area contributed by atoms with Gasteiger partial charge in [0, 0.05) is 12.2 Å². The minimum atomic E-state index is -3.16. The van der Waals surface area contributed by atoms with E-state index in [1.807, 2.05) is 57.2 Å². The molecule has 2 fully saturated rings. The number of nitrogens with zero attached hydrogens (tertiary/aromatic N) is 2. The van der Waals surface area contributed by atoms with Crippen molar-refractivity contribution >= 4 is 21.6 Å². The highest BCUT2D eigenvalue weighted by Crippen LogP contribution is 2.36. The topological polar surface area (TPSA) is 57.7 Å². The molecule has 2 atom stereocenters. The Morgan fingerprint density at radius 3 is 2.11 bits per heavy atom. The molecule has 0 aromatic heterocycles. The Hall–Kier alpha value is -2.34. The maximum atomic E-state index is 13.3. The molecule has 0 saturated carbocycles. The van der Waals surface area contributed by atoms with Crippen LogP contribution in [0.1, 0.15) is 22.3 Å². The van der Waals surface area contributed by atoms with Gasteiger partial charge in [0.25, 0.3) is 0 Å². The maximum absolute atomic E-state index is 13.3. The van der Waals surface area contributed by atoms with Crippen molar-refractivity contribution in [2.45, 2.75) is 39.4 Å². The van der Waals surface area contributed by atoms with E-state index in [1.54, 1.807) is 9.80 Å². The third-order valence-corrected chi connectivity index (χ3v) is 7.13. The van der Waals surface area contributed by atoms with Crippen molar-refractivity contribution in [2.24, 2.45) is 0 Å². The second-order valence-corrected chi connectivity index (χ2v) is 9.98. The molecule has 0 N–H and O–H groups in total. The van der Waals surface area contributed by atoms with Crippen LogP contribution < -0.4 is 4.90 Å². The van der Waals surface area contributed by atoms with E-state index in [0.717, 1.165) is 27.9 Å². The second-order valence-electron chi connectivity index (χ2n) is 7.82. The van der Waals surface area contributed by atoms with Crippen LogP contribution in [0.5, 0.6) is 0 Å². The highest BCUT2D eigenvalue weighted by atomic mass is 32.2. The third kappa shape index (κ3) is 3.34. The summed E-state index contributed by atoms with van der Waals surface area (Å²) in [4.78, 5) is 16.7. The Bertz CT molecular complexity index is 978. The summed E-state index contributed by atoms with van der Waals surface area (Å²) in [6, 6.07) is 13.3. The van der Waals surface area contributed by atoms with Crippen molar-refractivity contribution in [1.82, 2.24) is 4.90 Å². The van der Waals surface area contributed by atoms with E-state index in [4.69, 9.17) is 0 Å². The average Bonchev–Trinajstić information content (AvgIpc) is 2.99. The minimum absolute atomic E-state index is 0.0286. The molecular weight excluding hydrogens is 360 g/mol. The number of carbonyl (C=O) groups excluding carboxylic acids is 1. The molecule has 0 aliphatic carbocycles. The zero-order chi connectivity index (χ0) is 19.3. The van der Waals surface area contributed by atoms with Crippen molar-refractivity contribution < 1.29 is 13.2 Å². The van der Waals surface area contributed by atoms with Gasteiger partial charge in [-0.05, 0) is 49.6 Å². The molecule has 0 unspecified atom stereocenters. The molecule has 2 aromatic carbocycles. The Morgan fingerprint density at radius 2 is 1.48 bits per heavy atom. The molecule has 2 amide bonds. The fourth-order valence-corrected chi connectivity index (χ4v) is 6.19. The molecule has 6 heteroatoms. The fraction of sp³-hybridized carbons (Fsp3) is 0.381. The number of carbonyl (C=O) groups is 1. The van der Waals surface area contributed by atoms with Gasteiger partial charge in [-0.2, -0.15) is 0 Å². The van der Waals surface area contributed by atoms with Crippen LogP contribution >= 0.6 is 0 Å². The first-order chi connectivity index (χ1) is 12.7. The van der Waals surface area contributed by atoms with Crippen LogP contribution in [0, 0.1) is 20.8 Å². The highest BCUT2D eigenvalue weighted by molar-refractivity contribution is 7.91. The van der Waals surface area contributed by atoms with Gasteiger partial charge in [0.15, 0.2) is 9.84 Å². The number of aryl methyl sites for hydroxylation is 3. The summed E-state index contributed by atoms with van der Waals surface area (Å²) in [6.07, 6.45) is 0. The minimum Gasteiger partial charge on any atom is -0.314 e. The lowest BCUT2D eigenvalue weighted by Gasteiger charge is -2.23. The molecule has 2 heterocycles. The predicted octanol–water partition coefficient (Wildman–Crippen LogP) is 3.22. The van der Waals surface area contributed by atoms with Crippen LogP contribution in [0.3, 0.4) is 0 Å². The van der Waals surface area contributed by atoms with Gasteiger partial charge in [-0.1, -0.05) is 35.9 Å². The van der Waals surface area contributed by atoms with Crippen molar-refractivity contribution in [1.29, 1.82) is 0 Å². The summed E-state index contributed by atoms with van der Waals surface area (Å²) in [5.74, 6) is 0.0668. The molecule has 0 radical (unpaired) electrons. The summed E-state index contributed by atoms with van der Waals surface area (Å²) in [7, 11) is -3.16. The van der Waals surface area contributed by atoms with Crippen molar-refractivity contribution in [2.75, 3.05) is 16.4 Å². The molecule has 2 aromatic rings. The zero-order valence-corrected chi connectivity index (χ0v) is 16.7. The van der Waals surface area contributed by atoms with Crippen LogP contribution in [-0.2, 0) is 16.4 Å². The number of fused-ring (bicyclic) bond motifs is 1. The number of amides is 2. The van der Waals surface area contributed by atoms with E-state index in [-0.39, 0.29) is 29.6 Å². The Balaban J connectivity index is 1.72. The Labute approximate surface area is 160 Å². The lowest BCUT2D eigenvalue weighted by Crippen LogP contribution is -2.37. The molecule has 0 spiro atoms.